The Labute approximate surface area is 94.4 Å². The van der Waals surface area contributed by atoms with Gasteiger partial charge in [0.2, 0.25) is 0 Å². The van der Waals surface area contributed by atoms with Gasteiger partial charge in [-0.1, -0.05) is 18.8 Å². The normalized spacial score (nSPS) is 15.5. The van der Waals surface area contributed by atoms with E-state index in [0.29, 0.717) is 0 Å². The van der Waals surface area contributed by atoms with Crippen molar-refractivity contribution in [2.24, 2.45) is 0 Å². The van der Waals surface area contributed by atoms with Gasteiger partial charge in [-0.15, -0.1) is 6.42 Å². The van der Waals surface area contributed by atoms with E-state index in [1.54, 1.807) is 0 Å². The first-order valence-electron chi connectivity index (χ1n) is 6.18. The molecule has 0 spiro atoms. The smallest absolute Gasteiger partial charge is 0.0596 e. The summed E-state index contributed by atoms with van der Waals surface area (Å²) in [5.41, 5.74) is 0. The Morgan fingerprint density at radius 3 is 2.67 bits per heavy atom. The highest BCUT2D eigenvalue weighted by atomic mass is 15.1. The van der Waals surface area contributed by atoms with Crippen LogP contribution in [0.1, 0.15) is 38.5 Å². The molecule has 15 heavy (non-hydrogen) atoms. The molecule has 1 aliphatic rings. The fraction of sp³-hybridized carbons (Fsp3) is 0.846. The lowest BCUT2D eigenvalue weighted by Crippen LogP contribution is -2.20. The molecular weight excluding hydrogens is 184 g/mol. The SMILES string of the molecule is C#CCN(C)CCCCCCNC1CC1. The maximum atomic E-state index is 5.23. The molecule has 1 N–H and O–H groups in total. The van der Waals surface area contributed by atoms with Crippen LogP contribution in [-0.2, 0) is 0 Å². The molecule has 0 aromatic rings. The van der Waals surface area contributed by atoms with Crippen LogP contribution in [0.4, 0.5) is 0 Å². The Morgan fingerprint density at radius 1 is 1.27 bits per heavy atom. The van der Waals surface area contributed by atoms with Crippen LogP contribution < -0.4 is 5.32 Å². The lowest BCUT2D eigenvalue weighted by molar-refractivity contribution is 0.361. The molecule has 1 aliphatic carbocycles. The van der Waals surface area contributed by atoms with E-state index in [4.69, 9.17) is 6.42 Å². The monoisotopic (exact) mass is 208 g/mol. The zero-order valence-corrected chi connectivity index (χ0v) is 9.97. The molecular formula is C13H24N2. The summed E-state index contributed by atoms with van der Waals surface area (Å²) >= 11 is 0. The third-order valence-corrected chi connectivity index (χ3v) is 2.84. The standard InChI is InChI=1S/C13H24N2/c1-3-11-15(2)12-7-5-4-6-10-14-13-8-9-13/h1,13-14H,4-12H2,2H3. The fourth-order valence-electron chi connectivity index (χ4n) is 1.69. The van der Waals surface area contributed by atoms with E-state index in [0.717, 1.165) is 19.1 Å². The van der Waals surface area contributed by atoms with Gasteiger partial charge in [-0.2, -0.15) is 0 Å². The third kappa shape index (κ3) is 7.41. The van der Waals surface area contributed by atoms with Gasteiger partial charge in [-0.05, 0) is 45.8 Å². The quantitative estimate of drug-likeness (QED) is 0.459. The van der Waals surface area contributed by atoms with Crippen molar-refractivity contribution < 1.29 is 0 Å². The zero-order chi connectivity index (χ0) is 10.9. The van der Waals surface area contributed by atoms with E-state index in [-0.39, 0.29) is 0 Å². The second-order valence-corrected chi connectivity index (χ2v) is 4.58. The van der Waals surface area contributed by atoms with Crippen LogP contribution in [0.15, 0.2) is 0 Å². The van der Waals surface area contributed by atoms with Gasteiger partial charge in [0.15, 0.2) is 0 Å². The third-order valence-electron chi connectivity index (χ3n) is 2.84. The van der Waals surface area contributed by atoms with Crippen molar-refractivity contribution in [2.75, 3.05) is 26.7 Å². The van der Waals surface area contributed by atoms with Gasteiger partial charge in [0, 0.05) is 6.04 Å². The molecule has 0 bridgehead atoms. The van der Waals surface area contributed by atoms with Gasteiger partial charge in [0.05, 0.1) is 6.54 Å². The Morgan fingerprint density at radius 2 is 2.00 bits per heavy atom. The highest BCUT2D eigenvalue weighted by Crippen LogP contribution is 2.18. The molecule has 0 aromatic carbocycles. The topological polar surface area (TPSA) is 15.3 Å². The van der Waals surface area contributed by atoms with Gasteiger partial charge in [0.1, 0.15) is 0 Å². The summed E-state index contributed by atoms with van der Waals surface area (Å²) in [6.07, 6.45) is 13.3. The number of terminal acetylenes is 1. The van der Waals surface area contributed by atoms with Crippen molar-refractivity contribution in [3.05, 3.63) is 0 Å². The summed E-state index contributed by atoms with van der Waals surface area (Å²) in [6, 6.07) is 0.867. The molecule has 0 heterocycles. The fourth-order valence-corrected chi connectivity index (χ4v) is 1.69. The van der Waals surface area contributed by atoms with Crippen molar-refractivity contribution in [1.29, 1.82) is 0 Å². The average Bonchev–Trinajstić information content (AvgIpc) is 3.00. The minimum atomic E-state index is 0.781. The molecule has 0 saturated heterocycles. The van der Waals surface area contributed by atoms with E-state index >= 15 is 0 Å². The zero-order valence-electron chi connectivity index (χ0n) is 9.97. The Balaban J connectivity index is 1.74. The second-order valence-electron chi connectivity index (χ2n) is 4.58. The van der Waals surface area contributed by atoms with Crippen LogP contribution >= 0.6 is 0 Å². The summed E-state index contributed by atoms with van der Waals surface area (Å²) in [5, 5.41) is 3.54. The molecule has 0 aliphatic heterocycles. The van der Waals surface area contributed by atoms with Crippen molar-refractivity contribution in [1.82, 2.24) is 10.2 Å². The Hall–Kier alpha value is -0.520. The minimum Gasteiger partial charge on any atom is -0.314 e. The number of unbranched alkanes of at least 4 members (excludes halogenated alkanes) is 3. The number of hydrogen-bond donors (Lipinski definition) is 1. The molecule has 1 fully saturated rings. The highest BCUT2D eigenvalue weighted by molar-refractivity contribution is 4.87. The van der Waals surface area contributed by atoms with Crippen molar-refractivity contribution >= 4 is 0 Å². The number of nitrogens with one attached hydrogen (secondary N) is 1. The first-order valence-corrected chi connectivity index (χ1v) is 6.18. The lowest BCUT2D eigenvalue weighted by atomic mass is 10.2. The van der Waals surface area contributed by atoms with Crippen LogP contribution in [0, 0.1) is 12.3 Å². The van der Waals surface area contributed by atoms with Gasteiger partial charge < -0.3 is 5.32 Å². The van der Waals surface area contributed by atoms with Gasteiger partial charge in [-0.25, -0.2) is 0 Å². The van der Waals surface area contributed by atoms with Crippen molar-refractivity contribution in [2.45, 2.75) is 44.6 Å². The summed E-state index contributed by atoms with van der Waals surface area (Å²) in [7, 11) is 2.09. The number of rotatable bonds is 9. The Kier molecular flexibility index (Phi) is 6.47. The van der Waals surface area contributed by atoms with E-state index < -0.39 is 0 Å². The molecule has 2 nitrogen and oxygen atoms in total. The summed E-state index contributed by atoms with van der Waals surface area (Å²) in [6.45, 7) is 3.13. The largest absolute Gasteiger partial charge is 0.314 e. The molecule has 1 saturated carbocycles. The maximum Gasteiger partial charge on any atom is 0.0596 e. The molecule has 86 valence electrons. The summed E-state index contributed by atoms with van der Waals surface area (Å²) < 4.78 is 0. The maximum absolute atomic E-state index is 5.23. The van der Waals surface area contributed by atoms with Crippen LogP contribution in [0.3, 0.4) is 0 Å². The van der Waals surface area contributed by atoms with E-state index in [1.807, 2.05) is 0 Å². The predicted octanol–water partition coefficient (Wildman–Crippen LogP) is 1.86. The van der Waals surface area contributed by atoms with E-state index in [9.17, 15) is 0 Å². The molecule has 0 atom stereocenters. The minimum absolute atomic E-state index is 0.781. The first-order chi connectivity index (χ1) is 7.33. The second kappa shape index (κ2) is 7.73. The molecule has 1 rings (SSSR count). The van der Waals surface area contributed by atoms with Crippen LogP contribution in [0.5, 0.6) is 0 Å². The number of nitrogens with zero attached hydrogens (tertiary/aromatic N) is 1. The predicted molar refractivity (Wildman–Crippen MR) is 65.8 cm³/mol. The van der Waals surface area contributed by atoms with Gasteiger partial charge >= 0.3 is 0 Å². The van der Waals surface area contributed by atoms with Gasteiger partial charge in [0.25, 0.3) is 0 Å². The number of hydrogen-bond acceptors (Lipinski definition) is 2. The summed E-state index contributed by atoms with van der Waals surface area (Å²) in [4.78, 5) is 2.21. The molecule has 0 unspecified atom stereocenters. The molecule has 0 radical (unpaired) electrons. The molecule has 0 aromatic heterocycles. The molecule has 2 heteroatoms. The Bertz CT molecular complexity index is 191. The first kappa shape index (κ1) is 12.5. The van der Waals surface area contributed by atoms with Crippen molar-refractivity contribution in [3.8, 4) is 12.3 Å². The average molecular weight is 208 g/mol. The van der Waals surface area contributed by atoms with Crippen LogP contribution in [0.2, 0.25) is 0 Å². The summed E-state index contributed by atoms with van der Waals surface area (Å²) in [5.74, 6) is 2.66. The highest BCUT2D eigenvalue weighted by Gasteiger charge is 2.19. The molecule has 0 amide bonds. The van der Waals surface area contributed by atoms with Gasteiger partial charge in [-0.3, -0.25) is 4.90 Å². The van der Waals surface area contributed by atoms with Crippen LogP contribution in [-0.4, -0.2) is 37.6 Å². The van der Waals surface area contributed by atoms with E-state index in [1.165, 1.54) is 45.1 Å². The van der Waals surface area contributed by atoms with Crippen LogP contribution in [0.25, 0.3) is 0 Å². The van der Waals surface area contributed by atoms with E-state index in [2.05, 4.69) is 23.2 Å². The van der Waals surface area contributed by atoms with Crippen molar-refractivity contribution in [3.63, 3.8) is 0 Å². The lowest BCUT2D eigenvalue weighted by Gasteiger charge is -2.12.